The average molecular weight is 253 g/mol. The average Bonchev–Trinajstić information content (AvgIpc) is 3.05. The van der Waals surface area contributed by atoms with Crippen molar-refractivity contribution in [2.24, 2.45) is 0 Å². The van der Waals surface area contributed by atoms with Gasteiger partial charge in [-0.05, 0) is 28.0 Å². The Bertz CT molecular complexity index is 851. The van der Waals surface area contributed by atoms with E-state index in [0.717, 1.165) is 22.2 Å². The Morgan fingerprint density at radius 1 is 1.00 bits per heavy atom. The number of aromatic nitrogens is 4. The second-order valence-corrected chi connectivity index (χ2v) is 4.34. The molecule has 0 atom stereocenters. The second kappa shape index (κ2) is 3.58. The Hall–Kier alpha value is -2.34. The molecule has 2 heterocycles. The van der Waals surface area contributed by atoms with Crippen LogP contribution in [0.3, 0.4) is 0 Å². The number of benzene rings is 2. The maximum absolute atomic E-state index is 4.67. The third-order valence-electron chi connectivity index (χ3n) is 2.75. The highest BCUT2D eigenvalue weighted by atomic mass is 32.1. The van der Waals surface area contributed by atoms with E-state index < -0.39 is 0 Å². The fourth-order valence-corrected chi connectivity index (χ4v) is 2.45. The van der Waals surface area contributed by atoms with Crippen molar-refractivity contribution in [2.75, 3.05) is 0 Å². The van der Waals surface area contributed by atoms with Crippen molar-refractivity contribution in [1.82, 2.24) is 19.1 Å². The van der Waals surface area contributed by atoms with Gasteiger partial charge in [-0.25, -0.2) is 4.63 Å². The molecule has 4 aromatic rings. The van der Waals surface area contributed by atoms with Crippen LogP contribution >= 0.6 is 11.7 Å². The summed E-state index contributed by atoms with van der Waals surface area (Å²) in [6, 6.07) is 12.9. The first-order valence-corrected chi connectivity index (χ1v) is 6.01. The number of nitrogens with zero attached hydrogens (tertiary/aromatic N) is 4. The molecule has 1 radical (unpaired) electrons. The lowest BCUT2D eigenvalue weighted by atomic mass is 10.0. The van der Waals surface area contributed by atoms with E-state index in [2.05, 4.69) is 29.8 Å². The topological polar surface area (TPSA) is 64.7 Å². The van der Waals surface area contributed by atoms with Gasteiger partial charge < -0.3 is 0 Å². The molecule has 0 aliphatic carbocycles. The van der Waals surface area contributed by atoms with Crippen molar-refractivity contribution in [1.29, 1.82) is 0 Å². The van der Waals surface area contributed by atoms with E-state index in [1.165, 1.54) is 11.7 Å². The molecule has 0 aliphatic heterocycles. The van der Waals surface area contributed by atoms with Crippen LogP contribution in [0, 0.1) is 6.07 Å². The molecular formula is C12H5N4OS. The largest absolute Gasteiger partial charge is 0.243 e. The molecule has 0 fully saturated rings. The monoisotopic (exact) mass is 253 g/mol. The van der Waals surface area contributed by atoms with Gasteiger partial charge in [-0.3, -0.25) is 0 Å². The summed E-state index contributed by atoms with van der Waals surface area (Å²) in [4.78, 5) is 0. The molecule has 4 rings (SSSR count). The van der Waals surface area contributed by atoms with E-state index in [4.69, 9.17) is 0 Å². The summed E-state index contributed by atoms with van der Waals surface area (Å²) < 4.78 is 13.2. The summed E-state index contributed by atoms with van der Waals surface area (Å²) in [5.74, 6) is 0. The molecule has 18 heavy (non-hydrogen) atoms. The quantitative estimate of drug-likeness (QED) is 0.522. The molecule has 5 nitrogen and oxygen atoms in total. The van der Waals surface area contributed by atoms with E-state index >= 15 is 0 Å². The normalized spacial score (nSPS) is 11.3. The van der Waals surface area contributed by atoms with Gasteiger partial charge in [0.15, 0.2) is 0 Å². The fraction of sp³-hybridized carbons (Fsp3) is 0. The molecule has 6 heteroatoms. The lowest BCUT2D eigenvalue weighted by molar-refractivity contribution is 0.315. The molecule has 0 aliphatic rings. The maximum atomic E-state index is 4.67. The summed E-state index contributed by atoms with van der Waals surface area (Å²) in [6.45, 7) is 0. The van der Waals surface area contributed by atoms with Crippen LogP contribution in [0.15, 0.2) is 35.0 Å². The first kappa shape index (κ1) is 9.67. The summed E-state index contributed by atoms with van der Waals surface area (Å²) >= 11 is 1.21. The molecule has 0 saturated heterocycles. The van der Waals surface area contributed by atoms with Gasteiger partial charge in [0, 0.05) is 11.6 Å². The predicted molar refractivity (Wildman–Crippen MR) is 67.0 cm³/mol. The van der Waals surface area contributed by atoms with E-state index in [0.29, 0.717) is 11.0 Å². The molecule has 0 saturated carbocycles. The summed E-state index contributed by atoms with van der Waals surface area (Å²) in [7, 11) is 0. The Kier molecular flexibility index (Phi) is 1.92. The van der Waals surface area contributed by atoms with Crippen LogP contribution in [0.1, 0.15) is 0 Å². The molecule has 2 aromatic carbocycles. The van der Waals surface area contributed by atoms with Crippen molar-refractivity contribution in [2.45, 2.75) is 0 Å². The van der Waals surface area contributed by atoms with Crippen LogP contribution in [0.5, 0.6) is 0 Å². The second-order valence-electron chi connectivity index (χ2n) is 3.81. The molecular weight excluding hydrogens is 248 g/mol. The van der Waals surface area contributed by atoms with Gasteiger partial charge in [0.05, 0.1) is 11.7 Å². The van der Waals surface area contributed by atoms with Crippen molar-refractivity contribution >= 4 is 33.8 Å². The van der Waals surface area contributed by atoms with Gasteiger partial charge in [-0.1, -0.05) is 18.2 Å². The van der Waals surface area contributed by atoms with Gasteiger partial charge >= 0.3 is 0 Å². The van der Waals surface area contributed by atoms with Gasteiger partial charge in [0.25, 0.3) is 0 Å². The van der Waals surface area contributed by atoms with E-state index in [9.17, 15) is 0 Å². The zero-order valence-electron chi connectivity index (χ0n) is 8.99. The third-order valence-corrected chi connectivity index (χ3v) is 3.29. The zero-order chi connectivity index (χ0) is 11.9. The van der Waals surface area contributed by atoms with E-state index in [1.807, 2.05) is 30.3 Å². The standard InChI is InChI=1S/C12H5N4OS/c1-2-8(12-10(3-1)15-18-16-12)7-4-5-9-11(6-7)14-17-13-9/h1-5H. The highest BCUT2D eigenvalue weighted by molar-refractivity contribution is 7.00. The van der Waals surface area contributed by atoms with Crippen molar-refractivity contribution in [3.8, 4) is 11.1 Å². The molecule has 0 spiro atoms. The third kappa shape index (κ3) is 1.32. The van der Waals surface area contributed by atoms with Gasteiger partial charge in [0.1, 0.15) is 22.1 Å². The molecule has 0 unspecified atom stereocenters. The molecule has 0 amide bonds. The minimum atomic E-state index is 0.618. The summed E-state index contributed by atoms with van der Waals surface area (Å²) in [6.07, 6.45) is 0. The molecule has 0 N–H and O–H groups in total. The van der Waals surface area contributed by atoms with Gasteiger partial charge in [-0.15, -0.1) is 0 Å². The van der Waals surface area contributed by atoms with Crippen molar-refractivity contribution in [3.63, 3.8) is 0 Å². The lowest BCUT2D eigenvalue weighted by Crippen LogP contribution is -1.81. The molecule has 2 aromatic heterocycles. The number of fused-ring (bicyclic) bond motifs is 2. The maximum Gasteiger partial charge on any atom is 0.143 e. The highest BCUT2D eigenvalue weighted by Crippen LogP contribution is 2.28. The van der Waals surface area contributed by atoms with Gasteiger partial charge in [-0.2, -0.15) is 8.75 Å². The highest BCUT2D eigenvalue weighted by Gasteiger charge is 2.09. The first-order valence-electron chi connectivity index (χ1n) is 5.28. The van der Waals surface area contributed by atoms with Crippen molar-refractivity contribution in [3.05, 3.63) is 36.4 Å². The van der Waals surface area contributed by atoms with Crippen molar-refractivity contribution < 1.29 is 4.63 Å². The smallest absolute Gasteiger partial charge is 0.143 e. The minimum Gasteiger partial charge on any atom is -0.243 e. The van der Waals surface area contributed by atoms with Crippen LogP contribution in [-0.4, -0.2) is 19.1 Å². The van der Waals surface area contributed by atoms with Crippen LogP contribution in [-0.2, 0) is 0 Å². The minimum absolute atomic E-state index is 0.618. The fourth-order valence-electron chi connectivity index (χ4n) is 1.90. The number of hydrogen-bond acceptors (Lipinski definition) is 6. The Morgan fingerprint density at radius 2 is 2.00 bits per heavy atom. The Labute approximate surface area is 105 Å². The SMILES string of the molecule is [c]1c(-c2cccc3nsnc23)ccc2nonc12. The molecule has 85 valence electrons. The zero-order valence-corrected chi connectivity index (χ0v) is 9.81. The van der Waals surface area contributed by atoms with Crippen LogP contribution in [0.25, 0.3) is 33.2 Å². The Morgan fingerprint density at radius 3 is 3.00 bits per heavy atom. The lowest BCUT2D eigenvalue weighted by Gasteiger charge is -2.00. The molecule has 0 bridgehead atoms. The first-order chi connectivity index (χ1) is 8.92. The van der Waals surface area contributed by atoms with E-state index in [1.54, 1.807) is 0 Å². The van der Waals surface area contributed by atoms with Gasteiger partial charge in [0.2, 0.25) is 0 Å². The number of rotatable bonds is 1. The van der Waals surface area contributed by atoms with Crippen LogP contribution in [0.4, 0.5) is 0 Å². The predicted octanol–water partition coefficient (Wildman–Crippen LogP) is 2.69. The summed E-state index contributed by atoms with van der Waals surface area (Å²) in [5.41, 5.74) is 5.00. The Balaban J connectivity index is 2.03. The summed E-state index contributed by atoms with van der Waals surface area (Å²) in [5, 5.41) is 7.56. The number of hydrogen-bond donors (Lipinski definition) is 0. The van der Waals surface area contributed by atoms with Crippen LogP contribution in [0.2, 0.25) is 0 Å². The van der Waals surface area contributed by atoms with E-state index in [-0.39, 0.29) is 0 Å². The van der Waals surface area contributed by atoms with Crippen LogP contribution < -0.4 is 0 Å².